The van der Waals surface area contributed by atoms with Gasteiger partial charge in [0.05, 0.1) is 4.90 Å². The van der Waals surface area contributed by atoms with Gasteiger partial charge in [0.15, 0.2) is 0 Å². The number of benzene rings is 1. The topological polar surface area (TPSA) is 63.4 Å². The van der Waals surface area contributed by atoms with E-state index in [1.165, 1.54) is 0 Å². The quantitative estimate of drug-likeness (QED) is 0.805. The molecular formula is C13H19BrN2O2S. The minimum Gasteiger partial charge on any atom is -0.399 e. The van der Waals surface area contributed by atoms with Gasteiger partial charge in [-0.15, -0.1) is 0 Å². The Morgan fingerprint density at radius 3 is 2.63 bits per heavy atom. The summed E-state index contributed by atoms with van der Waals surface area (Å²) in [6.45, 7) is 3.19. The van der Waals surface area contributed by atoms with E-state index in [0.717, 1.165) is 19.3 Å². The van der Waals surface area contributed by atoms with Crippen molar-refractivity contribution in [2.24, 2.45) is 5.92 Å². The molecule has 0 radical (unpaired) electrons. The van der Waals surface area contributed by atoms with Crippen LogP contribution < -0.4 is 5.73 Å². The average molecular weight is 347 g/mol. The normalized spacial score (nSPS) is 15.9. The lowest BCUT2D eigenvalue weighted by molar-refractivity contribution is 0.395. The molecule has 0 amide bonds. The van der Waals surface area contributed by atoms with Crippen molar-refractivity contribution in [1.29, 1.82) is 0 Å². The van der Waals surface area contributed by atoms with Gasteiger partial charge in [-0.25, -0.2) is 8.42 Å². The average Bonchev–Trinajstić information content (AvgIpc) is 3.11. The van der Waals surface area contributed by atoms with Crippen molar-refractivity contribution in [3.63, 3.8) is 0 Å². The number of halogens is 1. The third-order valence-electron chi connectivity index (χ3n) is 3.21. The van der Waals surface area contributed by atoms with Crippen molar-refractivity contribution in [1.82, 2.24) is 4.31 Å². The first-order valence-corrected chi connectivity index (χ1v) is 8.73. The van der Waals surface area contributed by atoms with Crippen molar-refractivity contribution < 1.29 is 8.42 Å². The van der Waals surface area contributed by atoms with Crippen LogP contribution in [-0.4, -0.2) is 25.8 Å². The predicted octanol–water partition coefficient (Wildman–Crippen LogP) is 2.84. The second-order valence-electron chi connectivity index (χ2n) is 5.00. The summed E-state index contributed by atoms with van der Waals surface area (Å²) in [5, 5.41) is 0. The molecule has 1 aliphatic rings. The van der Waals surface area contributed by atoms with E-state index in [1.807, 2.05) is 6.92 Å². The molecule has 19 heavy (non-hydrogen) atoms. The first kappa shape index (κ1) is 14.8. The standard InChI is InChI=1S/C13H19BrN2O2S/c1-2-7-16(9-10-3-4-10)19(17,18)13-6-5-11(15)8-12(13)14/h5-6,8,10H,2-4,7,9,15H2,1H3. The molecular weight excluding hydrogens is 328 g/mol. The van der Waals surface area contributed by atoms with Crippen LogP contribution in [0.5, 0.6) is 0 Å². The second-order valence-corrected chi connectivity index (χ2v) is 7.76. The predicted molar refractivity (Wildman–Crippen MR) is 80.3 cm³/mol. The Hall–Kier alpha value is -0.590. The van der Waals surface area contributed by atoms with Crippen molar-refractivity contribution in [3.8, 4) is 0 Å². The van der Waals surface area contributed by atoms with Gasteiger partial charge >= 0.3 is 0 Å². The number of rotatable bonds is 6. The van der Waals surface area contributed by atoms with E-state index in [-0.39, 0.29) is 0 Å². The zero-order valence-corrected chi connectivity index (χ0v) is 13.4. The van der Waals surface area contributed by atoms with E-state index >= 15 is 0 Å². The molecule has 1 saturated carbocycles. The molecule has 6 heteroatoms. The highest BCUT2D eigenvalue weighted by molar-refractivity contribution is 9.10. The Kier molecular flexibility index (Phi) is 4.53. The van der Waals surface area contributed by atoms with Crippen LogP contribution in [0.15, 0.2) is 27.6 Å². The molecule has 0 atom stereocenters. The summed E-state index contributed by atoms with van der Waals surface area (Å²) in [5.41, 5.74) is 6.21. The second kappa shape index (κ2) is 5.81. The summed E-state index contributed by atoms with van der Waals surface area (Å²) in [5.74, 6) is 0.536. The molecule has 0 aliphatic heterocycles. The summed E-state index contributed by atoms with van der Waals surface area (Å²) in [6, 6.07) is 4.83. The molecule has 1 aromatic rings. The van der Waals surface area contributed by atoms with E-state index in [2.05, 4.69) is 15.9 Å². The van der Waals surface area contributed by atoms with Crippen molar-refractivity contribution >= 4 is 31.6 Å². The third kappa shape index (κ3) is 3.49. The fourth-order valence-electron chi connectivity index (χ4n) is 2.01. The molecule has 0 aromatic heterocycles. The van der Waals surface area contributed by atoms with Crippen LogP contribution in [-0.2, 0) is 10.0 Å². The van der Waals surface area contributed by atoms with Gasteiger partial charge in [-0.3, -0.25) is 0 Å². The summed E-state index contributed by atoms with van der Waals surface area (Å²) >= 11 is 3.30. The van der Waals surface area contributed by atoms with Gasteiger partial charge in [-0.1, -0.05) is 6.92 Å². The zero-order valence-electron chi connectivity index (χ0n) is 11.0. The Morgan fingerprint density at radius 2 is 2.11 bits per heavy atom. The van der Waals surface area contributed by atoms with Crippen LogP contribution in [0.1, 0.15) is 26.2 Å². The fraction of sp³-hybridized carbons (Fsp3) is 0.538. The van der Waals surface area contributed by atoms with Crippen LogP contribution in [0.25, 0.3) is 0 Å². The van der Waals surface area contributed by atoms with Crippen molar-refractivity contribution in [2.75, 3.05) is 18.8 Å². The molecule has 0 unspecified atom stereocenters. The summed E-state index contributed by atoms with van der Waals surface area (Å²) in [6.07, 6.45) is 3.09. The Labute approximate surface area is 123 Å². The molecule has 0 bridgehead atoms. The maximum absolute atomic E-state index is 12.7. The van der Waals surface area contributed by atoms with E-state index < -0.39 is 10.0 Å². The molecule has 1 fully saturated rings. The first-order chi connectivity index (χ1) is 8.95. The molecule has 1 aliphatic carbocycles. The largest absolute Gasteiger partial charge is 0.399 e. The van der Waals surface area contributed by atoms with Gasteiger partial charge in [0.1, 0.15) is 0 Å². The highest BCUT2D eigenvalue weighted by atomic mass is 79.9. The van der Waals surface area contributed by atoms with Crippen molar-refractivity contribution in [3.05, 3.63) is 22.7 Å². The highest BCUT2D eigenvalue weighted by Crippen LogP contribution is 2.33. The molecule has 106 valence electrons. The number of nitrogen functional groups attached to an aromatic ring is 1. The number of nitrogens with zero attached hydrogens (tertiary/aromatic N) is 1. The number of anilines is 1. The van der Waals surface area contributed by atoms with Crippen molar-refractivity contribution in [2.45, 2.75) is 31.1 Å². The molecule has 1 aromatic carbocycles. The molecule has 0 spiro atoms. The van der Waals surface area contributed by atoms with Gasteiger partial charge in [-0.2, -0.15) is 4.31 Å². The molecule has 2 N–H and O–H groups in total. The van der Waals surface area contributed by atoms with Crippen LogP contribution in [0, 0.1) is 5.92 Å². The van der Waals surface area contributed by atoms with Gasteiger partial charge < -0.3 is 5.73 Å². The number of sulfonamides is 1. The fourth-order valence-corrected chi connectivity index (χ4v) is 4.68. The molecule has 0 heterocycles. The first-order valence-electron chi connectivity index (χ1n) is 6.50. The van der Waals surface area contributed by atoms with Crippen LogP contribution in [0.3, 0.4) is 0 Å². The summed E-state index contributed by atoms with van der Waals surface area (Å²) in [7, 11) is -3.43. The molecule has 2 rings (SSSR count). The van der Waals surface area contributed by atoms with Gasteiger partial charge in [0.25, 0.3) is 0 Å². The van der Waals surface area contributed by atoms with Crippen LogP contribution in [0.2, 0.25) is 0 Å². The van der Waals surface area contributed by atoms with Gasteiger partial charge in [-0.05, 0) is 59.3 Å². The smallest absolute Gasteiger partial charge is 0.244 e. The SMILES string of the molecule is CCCN(CC1CC1)S(=O)(=O)c1ccc(N)cc1Br. The number of hydrogen-bond acceptors (Lipinski definition) is 3. The highest BCUT2D eigenvalue weighted by Gasteiger charge is 2.32. The van der Waals surface area contributed by atoms with E-state index in [9.17, 15) is 8.42 Å². The Bertz CT molecular complexity index is 556. The van der Waals surface area contributed by atoms with Gasteiger partial charge in [0.2, 0.25) is 10.0 Å². The summed E-state index contributed by atoms with van der Waals surface area (Å²) < 4.78 is 27.5. The van der Waals surface area contributed by atoms with Gasteiger partial charge in [0, 0.05) is 23.2 Å². The van der Waals surface area contributed by atoms with Crippen LogP contribution in [0.4, 0.5) is 5.69 Å². The maximum atomic E-state index is 12.7. The number of nitrogens with two attached hydrogens (primary N) is 1. The zero-order chi connectivity index (χ0) is 14.0. The lowest BCUT2D eigenvalue weighted by Gasteiger charge is -2.22. The third-order valence-corrected chi connectivity index (χ3v) is 6.05. The van der Waals surface area contributed by atoms with E-state index in [1.54, 1.807) is 22.5 Å². The lowest BCUT2D eigenvalue weighted by Crippen LogP contribution is -2.33. The van der Waals surface area contributed by atoms with E-state index in [0.29, 0.717) is 34.1 Å². The molecule has 0 saturated heterocycles. The number of hydrogen-bond donors (Lipinski definition) is 1. The Morgan fingerprint density at radius 1 is 1.42 bits per heavy atom. The minimum atomic E-state index is -3.43. The minimum absolute atomic E-state index is 0.302. The maximum Gasteiger partial charge on any atom is 0.244 e. The van der Waals surface area contributed by atoms with Crippen LogP contribution >= 0.6 is 15.9 Å². The van der Waals surface area contributed by atoms with E-state index in [4.69, 9.17) is 5.73 Å². The Balaban J connectivity index is 2.31. The summed E-state index contributed by atoms with van der Waals surface area (Å²) in [4.78, 5) is 0.302. The monoisotopic (exact) mass is 346 g/mol. The lowest BCUT2D eigenvalue weighted by atomic mass is 10.3. The molecule has 4 nitrogen and oxygen atoms in total.